The van der Waals surface area contributed by atoms with Crippen molar-refractivity contribution in [2.75, 3.05) is 13.2 Å². The van der Waals surface area contributed by atoms with E-state index in [-0.39, 0.29) is 18.7 Å². The molecule has 2 fully saturated rings. The second kappa shape index (κ2) is 11.2. The van der Waals surface area contributed by atoms with Crippen LogP contribution in [0.15, 0.2) is 30.3 Å². The van der Waals surface area contributed by atoms with E-state index in [4.69, 9.17) is 18.5 Å². The maximum atomic E-state index is 15.5. The standard InChI is InChI=1S/C22H31FN3O9P/c1-13(2)33-19(29)14(3)25-36(31,35-15-8-6-5-7-9-15)32-12-16-18(28)22(4,23)20(34-16)26-11-10-17(27)24-21(26)30/h5-9,13-14,16,18,20,28H,10-12H2,1-4H3,(H,25,31)(H,24,27,30)/t14-,16-,18-,20-,22-,36?/m0/s1. The normalized spacial score (nSPS) is 29.0. The molecule has 6 atom stereocenters. The van der Waals surface area contributed by atoms with E-state index in [1.165, 1.54) is 19.1 Å². The zero-order valence-corrected chi connectivity index (χ0v) is 21.3. The Morgan fingerprint density at radius 2 is 2.00 bits per heavy atom. The van der Waals surface area contributed by atoms with Gasteiger partial charge in [-0.25, -0.2) is 13.8 Å². The number of nitrogens with one attached hydrogen (secondary N) is 2. The van der Waals surface area contributed by atoms with Crippen molar-refractivity contribution >= 4 is 25.7 Å². The minimum atomic E-state index is -4.29. The average molecular weight is 531 g/mol. The summed E-state index contributed by atoms with van der Waals surface area (Å²) in [5.41, 5.74) is -2.43. The molecule has 0 aliphatic carbocycles. The number of halogens is 1. The highest BCUT2D eigenvalue weighted by atomic mass is 31.2. The van der Waals surface area contributed by atoms with Gasteiger partial charge in [0.25, 0.3) is 0 Å². The molecule has 1 aromatic carbocycles. The smallest absolute Gasteiger partial charge is 0.459 e. The lowest BCUT2D eigenvalue weighted by molar-refractivity contribution is -0.149. The highest BCUT2D eigenvalue weighted by Gasteiger charge is 2.58. The van der Waals surface area contributed by atoms with Crippen LogP contribution in [0.2, 0.25) is 0 Å². The van der Waals surface area contributed by atoms with Crippen LogP contribution < -0.4 is 14.9 Å². The SMILES string of the molecule is CC(C)OC(=O)[C@H](C)NP(=O)(OC[C@@H]1O[C@H](N2CCC(=O)NC2=O)[C@@](C)(F)[C@H]1O)Oc1ccccc1. The van der Waals surface area contributed by atoms with Gasteiger partial charge < -0.3 is 19.1 Å². The van der Waals surface area contributed by atoms with Crippen LogP contribution >= 0.6 is 7.75 Å². The molecule has 0 aromatic heterocycles. The third kappa shape index (κ3) is 6.60. The van der Waals surface area contributed by atoms with E-state index in [9.17, 15) is 24.1 Å². The monoisotopic (exact) mass is 531 g/mol. The number of nitrogens with zero attached hydrogens (tertiary/aromatic N) is 1. The number of hydrogen-bond acceptors (Lipinski definition) is 9. The van der Waals surface area contributed by atoms with Crippen molar-refractivity contribution in [2.24, 2.45) is 0 Å². The van der Waals surface area contributed by atoms with Crippen LogP contribution in [0.1, 0.15) is 34.1 Å². The molecule has 0 spiro atoms. The van der Waals surface area contributed by atoms with Crippen molar-refractivity contribution in [3.8, 4) is 5.75 Å². The Hall–Kier alpha value is -2.57. The largest absolute Gasteiger partial charge is 0.462 e. The first kappa shape index (κ1) is 28.0. The number of imide groups is 1. The summed E-state index contributed by atoms with van der Waals surface area (Å²) < 4.78 is 50.7. The number of para-hydroxylation sites is 1. The lowest BCUT2D eigenvalue weighted by atomic mass is 9.97. The molecular formula is C22H31FN3O9P. The number of urea groups is 1. The second-order valence-electron chi connectivity index (χ2n) is 8.95. The summed E-state index contributed by atoms with van der Waals surface area (Å²) in [5.74, 6) is -1.05. The van der Waals surface area contributed by atoms with E-state index in [0.717, 1.165) is 11.8 Å². The highest BCUT2D eigenvalue weighted by molar-refractivity contribution is 7.52. The molecule has 36 heavy (non-hydrogen) atoms. The summed E-state index contributed by atoms with van der Waals surface area (Å²) in [5, 5.41) is 15.1. The molecule has 2 aliphatic heterocycles. The molecule has 2 aliphatic rings. The van der Waals surface area contributed by atoms with Crippen LogP contribution in [0.4, 0.5) is 9.18 Å². The molecule has 1 unspecified atom stereocenters. The number of rotatable bonds is 10. The van der Waals surface area contributed by atoms with Crippen molar-refractivity contribution < 1.29 is 47.0 Å². The highest BCUT2D eigenvalue weighted by Crippen LogP contribution is 2.46. The van der Waals surface area contributed by atoms with E-state index >= 15 is 4.39 Å². The average Bonchev–Trinajstić information content (AvgIpc) is 3.01. The summed E-state index contributed by atoms with van der Waals surface area (Å²) in [4.78, 5) is 36.8. The molecule has 1 aromatic rings. The molecule has 2 heterocycles. The Labute approximate surface area is 208 Å². The number of carbonyl (C=O) groups excluding carboxylic acids is 3. The van der Waals surface area contributed by atoms with Gasteiger partial charge in [-0.15, -0.1) is 0 Å². The van der Waals surface area contributed by atoms with Gasteiger partial charge >= 0.3 is 19.7 Å². The summed E-state index contributed by atoms with van der Waals surface area (Å²) in [6, 6.07) is 6.04. The fourth-order valence-corrected chi connectivity index (χ4v) is 5.20. The number of aliphatic hydroxyl groups excluding tert-OH is 1. The van der Waals surface area contributed by atoms with Gasteiger partial charge in [-0.2, -0.15) is 5.09 Å². The lowest BCUT2D eigenvalue weighted by Crippen LogP contribution is -2.59. The van der Waals surface area contributed by atoms with Gasteiger partial charge in [-0.3, -0.25) is 24.3 Å². The van der Waals surface area contributed by atoms with Gasteiger partial charge in [0.1, 0.15) is 24.0 Å². The fraction of sp³-hybridized carbons (Fsp3) is 0.591. The Bertz CT molecular complexity index is 1010. The number of esters is 1. The molecular weight excluding hydrogens is 500 g/mol. The zero-order chi connectivity index (χ0) is 26.7. The third-order valence-corrected chi connectivity index (χ3v) is 7.17. The summed E-state index contributed by atoms with van der Waals surface area (Å²) >= 11 is 0. The minimum Gasteiger partial charge on any atom is -0.462 e. The second-order valence-corrected chi connectivity index (χ2v) is 10.6. The molecule has 3 amide bonds. The summed E-state index contributed by atoms with van der Waals surface area (Å²) in [6.45, 7) is 5.04. The zero-order valence-electron chi connectivity index (χ0n) is 20.4. The summed E-state index contributed by atoms with van der Waals surface area (Å²) in [6.07, 6.45) is -5.14. The molecule has 2 saturated heterocycles. The van der Waals surface area contributed by atoms with Crippen molar-refractivity contribution in [3.05, 3.63) is 30.3 Å². The molecule has 3 N–H and O–H groups in total. The van der Waals surface area contributed by atoms with E-state index in [1.54, 1.807) is 32.0 Å². The molecule has 0 bridgehead atoms. The molecule has 0 radical (unpaired) electrons. The number of ether oxygens (including phenoxy) is 2. The van der Waals surface area contributed by atoms with Crippen LogP contribution in [0.3, 0.4) is 0 Å². The number of carbonyl (C=O) groups is 3. The topological polar surface area (TPSA) is 153 Å². The van der Waals surface area contributed by atoms with Crippen LogP contribution in [0, 0.1) is 0 Å². The van der Waals surface area contributed by atoms with Crippen LogP contribution in [-0.4, -0.2) is 77.3 Å². The van der Waals surface area contributed by atoms with E-state index in [0.29, 0.717) is 0 Å². The number of aliphatic hydroxyl groups is 1. The molecule has 14 heteroatoms. The first-order chi connectivity index (χ1) is 16.8. The molecule has 200 valence electrons. The van der Waals surface area contributed by atoms with Crippen molar-refractivity contribution in [2.45, 2.75) is 70.4 Å². The Balaban J connectivity index is 1.74. The van der Waals surface area contributed by atoms with Crippen molar-refractivity contribution in [3.63, 3.8) is 0 Å². The minimum absolute atomic E-state index is 0.0622. The van der Waals surface area contributed by atoms with Gasteiger partial charge in [0.2, 0.25) is 5.91 Å². The number of hydrogen-bond donors (Lipinski definition) is 3. The molecule has 0 saturated carbocycles. The first-order valence-corrected chi connectivity index (χ1v) is 13.0. The van der Waals surface area contributed by atoms with Crippen LogP contribution in [0.5, 0.6) is 5.75 Å². The van der Waals surface area contributed by atoms with Gasteiger partial charge in [0, 0.05) is 13.0 Å². The molecule has 12 nitrogen and oxygen atoms in total. The summed E-state index contributed by atoms with van der Waals surface area (Å²) in [7, 11) is -4.29. The van der Waals surface area contributed by atoms with Crippen LogP contribution in [0.25, 0.3) is 0 Å². The predicted octanol–water partition coefficient (Wildman–Crippen LogP) is 1.88. The van der Waals surface area contributed by atoms with Gasteiger partial charge in [-0.05, 0) is 39.8 Å². The number of benzene rings is 1. The van der Waals surface area contributed by atoms with E-state index < -0.39 is 68.5 Å². The van der Waals surface area contributed by atoms with Gasteiger partial charge in [0.05, 0.1) is 12.7 Å². The number of amides is 3. The maximum Gasteiger partial charge on any atom is 0.459 e. The lowest BCUT2D eigenvalue weighted by Gasteiger charge is -2.35. The Morgan fingerprint density at radius 3 is 2.61 bits per heavy atom. The van der Waals surface area contributed by atoms with Gasteiger partial charge in [0.15, 0.2) is 11.9 Å². The Kier molecular flexibility index (Phi) is 8.73. The van der Waals surface area contributed by atoms with Crippen molar-refractivity contribution in [1.29, 1.82) is 0 Å². The molecule has 3 rings (SSSR count). The third-order valence-electron chi connectivity index (χ3n) is 5.52. The quantitative estimate of drug-likeness (QED) is 0.301. The van der Waals surface area contributed by atoms with E-state index in [2.05, 4.69) is 10.4 Å². The Morgan fingerprint density at radius 1 is 1.33 bits per heavy atom. The van der Waals surface area contributed by atoms with Crippen LogP contribution in [-0.2, 0) is 28.2 Å². The fourth-order valence-electron chi connectivity index (χ4n) is 3.70. The predicted molar refractivity (Wildman–Crippen MR) is 123 cm³/mol. The van der Waals surface area contributed by atoms with Crippen molar-refractivity contribution in [1.82, 2.24) is 15.3 Å². The first-order valence-electron chi connectivity index (χ1n) is 11.4. The van der Waals surface area contributed by atoms with Gasteiger partial charge in [-0.1, -0.05) is 18.2 Å². The van der Waals surface area contributed by atoms with E-state index in [1.807, 2.05) is 0 Å². The maximum absolute atomic E-state index is 15.5. The number of alkyl halides is 1.